The molecule has 0 aromatic carbocycles. The average molecular weight is 246 g/mol. The van der Waals surface area contributed by atoms with E-state index in [1.807, 2.05) is 6.07 Å². The van der Waals surface area contributed by atoms with E-state index in [1.54, 1.807) is 16.9 Å². The monoisotopic (exact) mass is 245 g/mol. The van der Waals surface area contributed by atoms with Gasteiger partial charge in [0, 0.05) is 17.7 Å². The van der Waals surface area contributed by atoms with Crippen LogP contribution >= 0.6 is 27.5 Å². The van der Waals surface area contributed by atoms with Gasteiger partial charge in [0.05, 0.1) is 5.69 Å². The summed E-state index contributed by atoms with van der Waals surface area (Å²) in [4.78, 5) is 3.94. The van der Waals surface area contributed by atoms with Crippen molar-refractivity contribution in [3.63, 3.8) is 0 Å². The molecule has 0 N–H and O–H groups in total. The van der Waals surface area contributed by atoms with Crippen LogP contribution in [-0.4, -0.2) is 14.6 Å². The second-order valence-corrected chi connectivity index (χ2v) is 3.24. The summed E-state index contributed by atoms with van der Waals surface area (Å²) in [6, 6.07) is 1.91. The number of halogens is 2. The molecule has 2 rings (SSSR count). The molecule has 12 heavy (non-hydrogen) atoms. The Labute approximate surface area is 82.5 Å². The quantitative estimate of drug-likeness (QED) is 0.723. The molecule has 0 bridgehead atoms. The molecule has 2 heterocycles. The number of alkyl halides is 1. The molecule has 2 aromatic heterocycles. The second-order valence-electron chi connectivity index (χ2n) is 2.32. The summed E-state index contributed by atoms with van der Waals surface area (Å²) in [5, 5.41) is 5.45. The van der Waals surface area contributed by atoms with Crippen molar-refractivity contribution in [1.82, 2.24) is 14.6 Å². The zero-order chi connectivity index (χ0) is 8.55. The van der Waals surface area contributed by atoms with E-state index >= 15 is 0 Å². The highest BCUT2D eigenvalue weighted by Gasteiger charge is 2.03. The summed E-state index contributed by atoms with van der Waals surface area (Å²) in [7, 11) is 0. The SMILES string of the molecule is Clc1nccn2nc(CBr)cc12. The van der Waals surface area contributed by atoms with Crippen LogP contribution in [0.3, 0.4) is 0 Å². The van der Waals surface area contributed by atoms with Gasteiger partial charge in [-0.1, -0.05) is 27.5 Å². The van der Waals surface area contributed by atoms with Gasteiger partial charge < -0.3 is 0 Å². The van der Waals surface area contributed by atoms with Crippen molar-refractivity contribution in [1.29, 1.82) is 0 Å². The fourth-order valence-corrected chi connectivity index (χ4v) is 1.48. The zero-order valence-corrected chi connectivity index (χ0v) is 8.38. The van der Waals surface area contributed by atoms with E-state index in [-0.39, 0.29) is 0 Å². The highest BCUT2D eigenvalue weighted by molar-refractivity contribution is 9.08. The highest BCUT2D eigenvalue weighted by atomic mass is 79.9. The summed E-state index contributed by atoms with van der Waals surface area (Å²) in [5.74, 6) is 0. The molecular weight excluding hydrogens is 241 g/mol. The van der Waals surface area contributed by atoms with Crippen LogP contribution in [0.25, 0.3) is 5.52 Å². The summed E-state index contributed by atoms with van der Waals surface area (Å²) < 4.78 is 1.71. The van der Waals surface area contributed by atoms with E-state index in [9.17, 15) is 0 Å². The second kappa shape index (κ2) is 3.03. The van der Waals surface area contributed by atoms with Crippen LogP contribution in [0.2, 0.25) is 5.15 Å². The third kappa shape index (κ3) is 1.21. The zero-order valence-electron chi connectivity index (χ0n) is 6.04. The van der Waals surface area contributed by atoms with Gasteiger partial charge in [-0.25, -0.2) is 9.50 Å². The smallest absolute Gasteiger partial charge is 0.154 e. The van der Waals surface area contributed by atoms with Crippen molar-refractivity contribution in [2.75, 3.05) is 0 Å². The Balaban J connectivity index is 2.74. The molecule has 0 radical (unpaired) electrons. The molecular formula is C7H5BrClN3. The van der Waals surface area contributed by atoms with Crippen LogP contribution in [0.15, 0.2) is 18.5 Å². The molecule has 2 aromatic rings. The van der Waals surface area contributed by atoms with Crippen molar-refractivity contribution < 1.29 is 0 Å². The molecule has 62 valence electrons. The van der Waals surface area contributed by atoms with Crippen molar-refractivity contribution in [3.05, 3.63) is 29.3 Å². The Bertz CT molecular complexity index is 412. The molecule has 0 saturated heterocycles. The largest absolute Gasteiger partial charge is 0.241 e. The lowest BCUT2D eigenvalue weighted by Gasteiger charge is -1.91. The van der Waals surface area contributed by atoms with Crippen LogP contribution in [0, 0.1) is 0 Å². The average Bonchev–Trinajstić information content (AvgIpc) is 2.49. The summed E-state index contributed by atoms with van der Waals surface area (Å²) in [6.45, 7) is 0. The molecule has 0 aliphatic heterocycles. The Hall–Kier alpha value is -0.610. The standard InChI is InChI=1S/C7H5BrClN3/c8-4-5-3-6-7(9)10-1-2-12(6)11-5/h1-3H,4H2. The van der Waals surface area contributed by atoms with Crippen LogP contribution in [0.1, 0.15) is 5.69 Å². The first-order chi connectivity index (χ1) is 5.81. The number of aromatic nitrogens is 3. The van der Waals surface area contributed by atoms with Gasteiger partial charge in [-0.15, -0.1) is 0 Å². The molecule has 0 unspecified atom stereocenters. The maximum absolute atomic E-state index is 5.84. The lowest BCUT2D eigenvalue weighted by Crippen LogP contribution is -1.88. The molecule has 0 amide bonds. The number of fused-ring (bicyclic) bond motifs is 1. The maximum Gasteiger partial charge on any atom is 0.154 e. The first-order valence-electron chi connectivity index (χ1n) is 3.36. The van der Waals surface area contributed by atoms with Crippen LogP contribution in [-0.2, 0) is 5.33 Å². The topological polar surface area (TPSA) is 30.2 Å². The van der Waals surface area contributed by atoms with Gasteiger partial charge in [-0.2, -0.15) is 5.10 Å². The van der Waals surface area contributed by atoms with Crippen LogP contribution in [0.4, 0.5) is 0 Å². The minimum Gasteiger partial charge on any atom is -0.241 e. The van der Waals surface area contributed by atoms with Gasteiger partial charge >= 0.3 is 0 Å². The van der Waals surface area contributed by atoms with E-state index in [0.29, 0.717) is 5.15 Å². The summed E-state index contributed by atoms with van der Waals surface area (Å²) >= 11 is 9.16. The van der Waals surface area contributed by atoms with E-state index in [2.05, 4.69) is 26.0 Å². The number of hydrogen-bond acceptors (Lipinski definition) is 2. The van der Waals surface area contributed by atoms with Gasteiger partial charge in [0.25, 0.3) is 0 Å². The number of nitrogens with zero attached hydrogens (tertiary/aromatic N) is 3. The molecule has 3 nitrogen and oxygen atoms in total. The van der Waals surface area contributed by atoms with E-state index < -0.39 is 0 Å². The normalized spacial score (nSPS) is 10.8. The third-order valence-corrected chi connectivity index (χ3v) is 2.40. The first kappa shape index (κ1) is 8.01. The molecule has 0 spiro atoms. The van der Waals surface area contributed by atoms with Gasteiger partial charge in [0.15, 0.2) is 5.15 Å². The molecule has 0 fully saturated rings. The molecule has 0 atom stereocenters. The van der Waals surface area contributed by atoms with Crippen molar-refractivity contribution in [3.8, 4) is 0 Å². The minimum atomic E-state index is 0.484. The van der Waals surface area contributed by atoms with E-state index in [1.165, 1.54) is 0 Å². The highest BCUT2D eigenvalue weighted by Crippen LogP contribution is 2.15. The summed E-state index contributed by atoms with van der Waals surface area (Å²) in [5.41, 5.74) is 1.79. The van der Waals surface area contributed by atoms with E-state index in [0.717, 1.165) is 16.5 Å². The lowest BCUT2D eigenvalue weighted by atomic mass is 10.4. The third-order valence-electron chi connectivity index (χ3n) is 1.53. The Kier molecular flexibility index (Phi) is 2.02. The predicted octanol–water partition coefficient (Wildman–Crippen LogP) is 2.28. The maximum atomic E-state index is 5.84. The number of hydrogen-bond donors (Lipinski definition) is 0. The Morgan fingerprint density at radius 3 is 3.08 bits per heavy atom. The summed E-state index contributed by atoms with van der Waals surface area (Å²) in [6.07, 6.45) is 3.40. The first-order valence-corrected chi connectivity index (χ1v) is 4.86. The lowest BCUT2D eigenvalue weighted by molar-refractivity contribution is 0.919. The van der Waals surface area contributed by atoms with Gasteiger partial charge in [0.2, 0.25) is 0 Å². The van der Waals surface area contributed by atoms with Gasteiger partial charge in [0.1, 0.15) is 5.52 Å². The van der Waals surface area contributed by atoms with E-state index in [4.69, 9.17) is 11.6 Å². The van der Waals surface area contributed by atoms with Gasteiger partial charge in [-0.3, -0.25) is 0 Å². The van der Waals surface area contributed by atoms with Crippen molar-refractivity contribution in [2.24, 2.45) is 0 Å². The molecule has 0 aliphatic rings. The minimum absolute atomic E-state index is 0.484. The predicted molar refractivity (Wildman–Crippen MR) is 50.6 cm³/mol. The molecule has 0 aliphatic carbocycles. The van der Waals surface area contributed by atoms with Crippen molar-refractivity contribution in [2.45, 2.75) is 5.33 Å². The van der Waals surface area contributed by atoms with Gasteiger partial charge in [-0.05, 0) is 6.07 Å². The fraction of sp³-hybridized carbons (Fsp3) is 0.143. The number of rotatable bonds is 1. The van der Waals surface area contributed by atoms with Crippen molar-refractivity contribution >= 4 is 33.0 Å². The van der Waals surface area contributed by atoms with Crippen LogP contribution in [0.5, 0.6) is 0 Å². The molecule has 0 saturated carbocycles. The Morgan fingerprint density at radius 1 is 1.58 bits per heavy atom. The van der Waals surface area contributed by atoms with Crippen LogP contribution < -0.4 is 0 Å². The fourth-order valence-electron chi connectivity index (χ4n) is 1.01. The Morgan fingerprint density at radius 2 is 2.42 bits per heavy atom. The molecule has 5 heteroatoms.